The highest BCUT2D eigenvalue weighted by atomic mass is 19.1. The van der Waals surface area contributed by atoms with Crippen LogP contribution < -0.4 is 11.5 Å². The van der Waals surface area contributed by atoms with Crippen molar-refractivity contribution in [1.29, 1.82) is 0 Å². The molecule has 0 heterocycles. The highest BCUT2D eigenvalue weighted by Crippen LogP contribution is 2.41. The number of allylic oxidation sites excluding steroid dienone is 2. The molecule has 0 aromatic heterocycles. The van der Waals surface area contributed by atoms with E-state index in [2.05, 4.69) is 6.58 Å². The minimum atomic E-state index is -0.600. The molecule has 0 saturated heterocycles. The fourth-order valence-electron chi connectivity index (χ4n) is 3.02. The molecule has 102 valence electrons. The lowest BCUT2D eigenvalue weighted by atomic mass is 9.81. The van der Waals surface area contributed by atoms with Crippen molar-refractivity contribution in [3.05, 3.63) is 65.4 Å². The Hall–Kier alpha value is -2.13. The van der Waals surface area contributed by atoms with Crippen LogP contribution in [-0.4, -0.2) is 6.67 Å². The van der Waals surface area contributed by atoms with E-state index in [1.165, 1.54) is 0 Å². The fourth-order valence-corrected chi connectivity index (χ4v) is 3.02. The largest absolute Gasteiger partial charge is 0.400 e. The van der Waals surface area contributed by atoms with Gasteiger partial charge in [0, 0.05) is 11.3 Å². The summed E-state index contributed by atoms with van der Waals surface area (Å²) in [5.41, 5.74) is 16.1. The second kappa shape index (κ2) is 4.76. The molecule has 4 N–H and O–H groups in total. The van der Waals surface area contributed by atoms with E-state index in [0.717, 1.165) is 27.5 Å². The molecule has 1 atom stereocenters. The predicted octanol–water partition coefficient (Wildman–Crippen LogP) is 3.22. The minimum absolute atomic E-state index is 0.434. The zero-order valence-electron chi connectivity index (χ0n) is 11.2. The first kappa shape index (κ1) is 12.9. The molecule has 20 heavy (non-hydrogen) atoms. The van der Waals surface area contributed by atoms with Crippen molar-refractivity contribution in [2.45, 2.75) is 12.5 Å². The second-order valence-electron chi connectivity index (χ2n) is 5.08. The first-order valence-electron chi connectivity index (χ1n) is 6.64. The summed E-state index contributed by atoms with van der Waals surface area (Å²) in [5.74, 6) is 0. The van der Waals surface area contributed by atoms with Gasteiger partial charge in [0.15, 0.2) is 0 Å². The Balaban J connectivity index is 2.46. The van der Waals surface area contributed by atoms with E-state index in [4.69, 9.17) is 11.5 Å². The van der Waals surface area contributed by atoms with Gasteiger partial charge >= 0.3 is 0 Å². The number of hydrogen-bond acceptors (Lipinski definition) is 2. The molecule has 1 aliphatic carbocycles. The normalized spacial score (nSPS) is 17.6. The summed E-state index contributed by atoms with van der Waals surface area (Å²) in [7, 11) is 0. The highest BCUT2D eigenvalue weighted by molar-refractivity contribution is 6.01. The topological polar surface area (TPSA) is 52.0 Å². The molecule has 3 rings (SSSR count). The molecule has 0 bridgehead atoms. The molecule has 0 fully saturated rings. The molecule has 1 unspecified atom stereocenters. The van der Waals surface area contributed by atoms with Crippen LogP contribution in [0.15, 0.2) is 48.7 Å². The number of benzene rings is 2. The van der Waals surface area contributed by atoms with E-state index in [-0.39, 0.29) is 0 Å². The lowest BCUT2D eigenvalue weighted by molar-refractivity contribution is 0.566. The summed E-state index contributed by atoms with van der Waals surface area (Å²) in [6.45, 7) is 3.17. The van der Waals surface area contributed by atoms with E-state index in [0.29, 0.717) is 17.7 Å². The number of halogens is 1. The zero-order chi connectivity index (χ0) is 14.3. The van der Waals surface area contributed by atoms with Crippen LogP contribution in [0.4, 0.5) is 4.39 Å². The predicted molar refractivity (Wildman–Crippen MR) is 81.9 cm³/mol. The Bertz CT molecular complexity index is 731. The Morgan fingerprint density at radius 3 is 2.75 bits per heavy atom. The Kier molecular flexibility index (Phi) is 3.07. The van der Waals surface area contributed by atoms with Crippen LogP contribution in [0.2, 0.25) is 0 Å². The molecule has 0 amide bonds. The molecule has 0 saturated carbocycles. The molecule has 2 aromatic carbocycles. The van der Waals surface area contributed by atoms with E-state index < -0.39 is 12.7 Å². The minimum Gasteiger partial charge on any atom is -0.400 e. The summed E-state index contributed by atoms with van der Waals surface area (Å²) in [6, 6.07) is 9.58. The SMILES string of the molecule is C=CCc1ccc2cccc3c2c1C(CF)=C(N)C3N. The molecule has 0 spiro atoms. The quantitative estimate of drug-likeness (QED) is 0.840. The lowest BCUT2D eigenvalue weighted by Gasteiger charge is -2.27. The van der Waals surface area contributed by atoms with Crippen molar-refractivity contribution in [1.82, 2.24) is 0 Å². The van der Waals surface area contributed by atoms with E-state index in [1.807, 2.05) is 36.4 Å². The Labute approximate surface area is 117 Å². The average molecular weight is 268 g/mol. The van der Waals surface area contributed by atoms with E-state index in [9.17, 15) is 4.39 Å². The zero-order valence-corrected chi connectivity index (χ0v) is 11.2. The number of rotatable bonds is 3. The maximum absolute atomic E-state index is 13.5. The van der Waals surface area contributed by atoms with Crippen LogP contribution in [-0.2, 0) is 6.42 Å². The van der Waals surface area contributed by atoms with Gasteiger partial charge in [0.25, 0.3) is 0 Å². The third-order valence-electron chi connectivity index (χ3n) is 3.98. The Morgan fingerprint density at radius 2 is 2.05 bits per heavy atom. The molecule has 0 aliphatic heterocycles. The van der Waals surface area contributed by atoms with Gasteiger partial charge in [-0.2, -0.15) is 0 Å². The first-order valence-corrected chi connectivity index (χ1v) is 6.64. The van der Waals surface area contributed by atoms with Gasteiger partial charge in [-0.15, -0.1) is 6.58 Å². The van der Waals surface area contributed by atoms with Crippen molar-refractivity contribution >= 4 is 16.3 Å². The molecular weight excluding hydrogens is 251 g/mol. The van der Waals surface area contributed by atoms with Crippen LogP contribution in [0, 0.1) is 0 Å². The van der Waals surface area contributed by atoms with E-state index >= 15 is 0 Å². The smallest absolute Gasteiger partial charge is 0.117 e. The highest BCUT2D eigenvalue weighted by Gasteiger charge is 2.26. The standard InChI is InChI=1S/C17H17FN2/c1-2-4-10-7-8-11-5-3-6-12-14(11)15(10)13(9-18)17(20)16(12)19/h2-3,5-8,16H,1,4,9,19-20H2. The second-order valence-corrected chi connectivity index (χ2v) is 5.08. The van der Waals surface area contributed by atoms with Gasteiger partial charge in [-0.3, -0.25) is 0 Å². The summed E-state index contributed by atoms with van der Waals surface area (Å²) >= 11 is 0. The molecule has 2 aromatic rings. The third kappa shape index (κ3) is 1.67. The maximum atomic E-state index is 13.5. The van der Waals surface area contributed by atoms with Gasteiger partial charge in [-0.1, -0.05) is 36.4 Å². The molecule has 3 heteroatoms. The molecule has 0 radical (unpaired) electrons. The van der Waals surface area contributed by atoms with Crippen molar-refractivity contribution in [3.63, 3.8) is 0 Å². The van der Waals surface area contributed by atoms with Crippen molar-refractivity contribution in [2.75, 3.05) is 6.67 Å². The van der Waals surface area contributed by atoms with Gasteiger partial charge in [0.2, 0.25) is 0 Å². The van der Waals surface area contributed by atoms with Crippen LogP contribution in [0.5, 0.6) is 0 Å². The summed E-state index contributed by atoms with van der Waals surface area (Å²) in [5, 5.41) is 2.10. The number of nitrogens with two attached hydrogens (primary N) is 2. The summed E-state index contributed by atoms with van der Waals surface area (Å²) in [6.07, 6.45) is 2.51. The Morgan fingerprint density at radius 1 is 1.25 bits per heavy atom. The van der Waals surface area contributed by atoms with Crippen molar-refractivity contribution < 1.29 is 4.39 Å². The monoisotopic (exact) mass is 268 g/mol. The van der Waals surface area contributed by atoms with Crippen molar-refractivity contribution in [3.8, 4) is 0 Å². The summed E-state index contributed by atoms with van der Waals surface area (Å²) in [4.78, 5) is 0. The van der Waals surface area contributed by atoms with Gasteiger partial charge in [0.1, 0.15) is 6.67 Å². The van der Waals surface area contributed by atoms with Gasteiger partial charge in [-0.05, 0) is 33.9 Å². The maximum Gasteiger partial charge on any atom is 0.117 e. The van der Waals surface area contributed by atoms with Gasteiger partial charge < -0.3 is 11.5 Å². The van der Waals surface area contributed by atoms with Crippen LogP contribution in [0.25, 0.3) is 16.3 Å². The van der Waals surface area contributed by atoms with Gasteiger partial charge in [0.05, 0.1) is 6.04 Å². The third-order valence-corrected chi connectivity index (χ3v) is 3.98. The van der Waals surface area contributed by atoms with E-state index in [1.54, 1.807) is 0 Å². The fraction of sp³-hybridized carbons (Fsp3) is 0.176. The number of hydrogen-bond donors (Lipinski definition) is 2. The van der Waals surface area contributed by atoms with Crippen LogP contribution in [0.3, 0.4) is 0 Å². The first-order chi connectivity index (χ1) is 9.69. The molecular formula is C17H17FN2. The molecule has 2 nitrogen and oxygen atoms in total. The average Bonchev–Trinajstić information content (AvgIpc) is 2.47. The van der Waals surface area contributed by atoms with Gasteiger partial charge in [-0.25, -0.2) is 4.39 Å². The van der Waals surface area contributed by atoms with Crippen LogP contribution >= 0.6 is 0 Å². The van der Waals surface area contributed by atoms with Crippen molar-refractivity contribution in [2.24, 2.45) is 11.5 Å². The summed E-state index contributed by atoms with van der Waals surface area (Å²) < 4.78 is 13.5. The molecule has 1 aliphatic rings. The van der Waals surface area contributed by atoms with Crippen LogP contribution in [0.1, 0.15) is 22.7 Å². The lowest BCUT2D eigenvalue weighted by Crippen LogP contribution is -2.25. The number of alkyl halides is 1.